The first-order valence-corrected chi connectivity index (χ1v) is 9.76. The molecule has 1 N–H and O–H groups in total. The average molecular weight is 404 g/mol. The molecule has 3 aromatic rings. The second-order valence-electron chi connectivity index (χ2n) is 6.68. The molecule has 1 unspecified atom stereocenters. The molecular formula is C20H22ClN3O2S. The smallest absolute Gasteiger partial charge is 0.338 e. The van der Waals surface area contributed by atoms with Gasteiger partial charge in [0.25, 0.3) is 0 Å². The predicted octanol–water partition coefficient (Wildman–Crippen LogP) is 5.16. The van der Waals surface area contributed by atoms with Gasteiger partial charge in [0.05, 0.1) is 17.6 Å². The van der Waals surface area contributed by atoms with Crippen LogP contribution in [0.3, 0.4) is 0 Å². The van der Waals surface area contributed by atoms with E-state index in [9.17, 15) is 4.79 Å². The highest BCUT2D eigenvalue weighted by Crippen LogP contribution is 2.40. The Kier molecular flexibility index (Phi) is 5.97. The van der Waals surface area contributed by atoms with Crippen molar-refractivity contribution >= 4 is 51.4 Å². The number of hydrogen-bond acceptors (Lipinski definition) is 6. The van der Waals surface area contributed by atoms with E-state index in [0.29, 0.717) is 12.2 Å². The molecule has 1 aliphatic carbocycles. The minimum atomic E-state index is -0.301. The second kappa shape index (κ2) is 8.23. The monoisotopic (exact) mass is 403 g/mol. The van der Waals surface area contributed by atoms with Crippen LogP contribution in [-0.2, 0) is 17.6 Å². The molecule has 1 aromatic carbocycles. The van der Waals surface area contributed by atoms with Crippen LogP contribution in [-0.4, -0.2) is 22.5 Å². The topological polar surface area (TPSA) is 64.1 Å². The van der Waals surface area contributed by atoms with Crippen LogP contribution < -0.4 is 5.32 Å². The molecule has 0 amide bonds. The fourth-order valence-corrected chi connectivity index (χ4v) is 4.76. The van der Waals surface area contributed by atoms with Gasteiger partial charge in [0.1, 0.15) is 17.0 Å². The first-order chi connectivity index (χ1) is 12.7. The second-order valence-corrected chi connectivity index (χ2v) is 7.76. The summed E-state index contributed by atoms with van der Waals surface area (Å²) in [5, 5.41) is 4.54. The molecular weight excluding hydrogens is 382 g/mol. The maximum absolute atomic E-state index is 11.8. The van der Waals surface area contributed by atoms with Crippen molar-refractivity contribution in [3.05, 3.63) is 46.6 Å². The van der Waals surface area contributed by atoms with Gasteiger partial charge in [-0.3, -0.25) is 0 Å². The van der Waals surface area contributed by atoms with Crippen molar-refractivity contribution in [2.45, 2.75) is 33.1 Å². The number of fused-ring (bicyclic) bond motifs is 3. The summed E-state index contributed by atoms with van der Waals surface area (Å²) in [6.45, 7) is 4.49. The van der Waals surface area contributed by atoms with E-state index in [0.717, 1.165) is 40.5 Å². The molecule has 0 radical (unpaired) electrons. The molecule has 0 spiro atoms. The number of carbonyl (C=O) groups is 1. The van der Waals surface area contributed by atoms with E-state index in [1.165, 1.54) is 16.9 Å². The van der Waals surface area contributed by atoms with E-state index < -0.39 is 0 Å². The highest BCUT2D eigenvalue weighted by atomic mass is 35.5. The van der Waals surface area contributed by atoms with Gasteiger partial charge in [0, 0.05) is 10.6 Å². The summed E-state index contributed by atoms with van der Waals surface area (Å²) in [6.07, 6.45) is 5.04. The van der Waals surface area contributed by atoms with Crippen molar-refractivity contribution in [2.24, 2.45) is 5.92 Å². The number of carbonyl (C=O) groups excluding carboxylic acids is 1. The number of nitrogens with one attached hydrogen (secondary N) is 1. The Bertz CT molecular complexity index is 956. The molecule has 0 saturated heterocycles. The third-order valence-electron chi connectivity index (χ3n) is 4.75. The minimum Gasteiger partial charge on any atom is -0.462 e. The van der Waals surface area contributed by atoms with Gasteiger partial charge in [-0.2, -0.15) is 0 Å². The summed E-state index contributed by atoms with van der Waals surface area (Å²) < 4.78 is 5.03. The lowest BCUT2D eigenvalue weighted by atomic mass is 9.89. The van der Waals surface area contributed by atoms with Crippen LogP contribution >= 0.6 is 23.7 Å². The number of thiophene rings is 1. The van der Waals surface area contributed by atoms with Gasteiger partial charge in [-0.1, -0.05) is 6.92 Å². The average Bonchev–Trinajstić information content (AvgIpc) is 3.01. The summed E-state index contributed by atoms with van der Waals surface area (Å²) in [4.78, 5) is 23.2. The van der Waals surface area contributed by atoms with E-state index >= 15 is 0 Å². The predicted molar refractivity (Wildman–Crippen MR) is 112 cm³/mol. The summed E-state index contributed by atoms with van der Waals surface area (Å²) in [5.41, 5.74) is 2.84. The highest BCUT2D eigenvalue weighted by molar-refractivity contribution is 7.19. The Labute approximate surface area is 168 Å². The number of nitrogens with zero attached hydrogens (tertiary/aromatic N) is 2. The Balaban J connectivity index is 0.00000210. The van der Waals surface area contributed by atoms with Gasteiger partial charge < -0.3 is 10.1 Å². The number of benzene rings is 1. The fraction of sp³-hybridized carbons (Fsp3) is 0.350. The number of aromatic nitrogens is 2. The number of aryl methyl sites for hydroxylation is 1. The van der Waals surface area contributed by atoms with Gasteiger partial charge in [-0.15, -0.1) is 23.7 Å². The van der Waals surface area contributed by atoms with Crippen LogP contribution in [0.2, 0.25) is 0 Å². The minimum absolute atomic E-state index is 0. The van der Waals surface area contributed by atoms with Crippen molar-refractivity contribution in [1.29, 1.82) is 0 Å². The zero-order valence-electron chi connectivity index (χ0n) is 15.3. The number of halogens is 1. The number of anilines is 2. The molecule has 142 valence electrons. The van der Waals surface area contributed by atoms with Crippen LogP contribution in [0.5, 0.6) is 0 Å². The standard InChI is InChI=1S/C20H21N3O2S.ClH/c1-3-25-20(24)13-5-7-14(8-6-13)23-18-17-15-9-4-12(2)10-16(15)26-19(17)22-11-21-18;/h5-8,11-12H,3-4,9-10H2,1-2H3,(H,21,22,23);1H. The quantitative estimate of drug-likeness (QED) is 0.609. The normalized spacial score (nSPS) is 15.7. The maximum Gasteiger partial charge on any atom is 0.338 e. The number of rotatable bonds is 4. The molecule has 1 aliphatic rings. The van der Waals surface area contributed by atoms with Gasteiger partial charge in [-0.25, -0.2) is 14.8 Å². The highest BCUT2D eigenvalue weighted by Gasteiger charge is 2.23. The molecule has 1 atom stereocenters. The lowest BCUT2D eigenvalue weighted by Crippen LogP contribution is -2.09. The fourth-order valence-electron chi connectivity index (χ4n) is 3.41. The summed E-state index contributed by atoms with van der Waals surface area (Å²) in [5.74, 6) is 1.27. The summed E-state index contributed by atoms with van der Waals surface area (Å²) >= 11 is 1.79. The SMILES string of the molecule is CCOC(=O)c1ccc(Nc2ncnc3sc4c(c23)CCC(C)C4)cc1.Cl. The Morgan fingerprint density at radius 3 is 2.81 bits per heavy atom. The molecule has 0 saturated carbocycles. The number of esters is 1. The lowest BCUT2D eigenvalue weighted by molar-refractivity contribution is 0.0526. The largest absolute Gasteiger partial charge is 0.462 e. The summed E-state index contributed by atoms with van der Waals surface area (Å²) in [7, 11) is 0. The van der Waals surface area contributed by atoms with Crippen molar-refractivity contribution in [2.75, 3.05) is 11.9 Å². The van der Waals surface area contributed by atoms with Crippen molar-refractivity contribution < 1.29 is 9.53 Å². The maximum atomic E-state index is 11.8. The first-order valence-electron chi connectivity index (χ1n) is 8.95. The molecule has 2 aromatic heterocycles. The number of hydrogen-bond donors (Lipinski definition) is 1. The Morgan fingerprint density at radius 1 is 1.30 bits per heavy atom. The van der Waals surface area contributed by atoms with Gasteiger partial charge >= 0.3 is 5.97 Å². The van der Waals surface area contributed by atoms with Crippen LogP contribution in [0.1, 0.15) is 41.1 Å². The molecule has 0 bridgehead atoms. The van der Waals surface area contributed by atoms with E-state index in [-0.39, 0.29) is 18.4 Å². The van der Waals surface area contributed by atoms with Crippen LogP contribution in [0.4, 0.5) is 11.5 Å². The van der Waals surface area contributed by atoms with Crippen LogP contribution in [0.15, 0.2) is 30.6 Å². The van der Waals surface area contributed by atoms with Gasteiger partial charge in [0.2, 0.25) is 0 Å². The molecule has 0 fully saturated rings. The van der Waals surface area contributed by atoms with Crippen molar-refractivity contribution in [3.63, 3.8) is 0 Å². The Morgan fingerprint density at radius 2 is 2.07 bits per heavy atom. The zero-order chi connectivity index (χ0) is 18.1. The number of ether oxygens (including phenoxy) is 1. The van der Waals surface area contributed by atoms with E-state index in [4.69, 9.17) is 4.74 Å². The zero-order valence-corrected chi connectivity index (χ0v) is 17.0. The third-order valence-corrected chi connectivity index (χ3v) is 5.91. The Hall–Kier alpha value is -2.18. The third kappa shape index (κ3) is 3.92. The lowest BCUT2D eigenvalue weighted by Gasteiger charge is -2.18. The molecule has 7 heteroatoms. The van der Waals surface area contributed by atoms with Crippen molar-refractivity contribution in [1.82, 2.24) is 9.97 Å². The van der Waals surface area contributed by atoms with E-state index in [1.807, 2.05) is 12.1 Å². The molecule has 5 nitrogen and oxygen atoms in total. The van der Waals surface area contributed by atoms with Crippen LogP contribution in [0.25, 0.3) is 10.2 Å². The van der Waals surface area contributed by atoms with Gasteiger partial charge in [-0.05, 0) is 61.9 Å². The van der Waals surface area contributed by atoms with E-state index in [1.54, 1.807) is 36.7 Å². The molecule has 4 rings (SSSR count). The molecule has 27 heavy (non-hydrogen) atoms. The molecule has 0 aliphatic heterocycles. The van der Waals surface area contributed by atoms with Crippen LogP contribution in [0, 0.1) is 5.92 Å². The van der Waals surface area contributed by atoms with Crippen molar-refractivity contribution in [3.8, 4) is 0 Å². The first kappa shape index (κ1) is 19.6. The van der Waals surface area contributed by atoms with Gasteiger partial charge in [0.15, 0.2) is 0 Å². The van der Waals surface area contributed by atoms with E-state index in [2.05, 4.69) is 22.2 Å². The molecule has 2 heterocycles. The summed E-state index contributed by atoms with van der Waals surface area (Å²) in [6, 6.07) is 7.29.